The number of hydrogen-bond acceptors (Lipinski definition) is 5. The Bertz CT molecular complexity index is 962. The lowest BCUT2D eigenvalue weighted by atomic mass is 9.98. The molecule has 4 amide bonds. The summed E-state index contributed by atoms with van der Waals surface area (Å²) in [4.78, 5) is 54.2. The number of carbonyl (C=O) groups is 4. The van der Waals surface area contributed by atoms with Crippen molar-refractivity contribution in [2.75, 3.05) is 14.1 Å². The number of amides is 4. The first-order chi connectivity index (χ1) is 12.3. The predicted octanol–water partition coefficient (Wildman–Crippen LogP) is 2.14. The van der Waals surface area contributed by atoms with E-state index in [0.717, 1.165) is 21.3 Å². The van der Waals surface area contributed by atoms with Crippen molar-refractivity contribution >= 4 is 52.2 Å². The fourth-order valence-corrected chi connectivity index (χ4v) is 2.85. The summed E-state index contributed by atoms with van der Waals surface area (Å²) in [5, 5.41) is 1.03. The Kier molecular flexibility index (Phi) is 4.56. The second kappa shape index (κ2) is 6.68. The molecule has 3 rings (SSSR count). The van der Waals surface area contributed by atoms with Gasteiger partial charge in [0.25, 0.3) is 11.8 Å². The summed E-state index contributed by atoms with van der Waals surface area (Å²) < 4.78 is 0. The largest absolute Gasteiger partial charge is 0.332 e. The van der Waals surface area contributed by atoms with Crippen LogP contribution in [0.3, 0.4) is 0 Å². The van der Waals surface area contributed by atoms with Crippen molar-refractivity contribution in [3.63, 3.8) is 0 Å². The summed E-state index contributed by atoms with van der Waals surface area (Å²) in [6.07, 6.45) is 2.51. The quantitative estimate of drug-likeness (QED) is 0.468. The van der Waals surface area contributed by atoms with E-state index >= 15 is 0 Å². The highest BCUT2D eigenvalue weighted by Gasteiger charge is 2.45. The van der Waals surface area contributed by atoms with E-state index in [-0.39, 0.29) is 5.15 Å². The second-order valence-corrected chi connectivity index (χ2v) is 6.16. The summed E-state index contributed by atoms with van der Waals surface area (Å²) in [6.45, 7) is 0. The van der Waals surface area contributed by atoms with Crippen LogP contribution >= 0.6 is 11.6 Å². The fourth-order valence-electron chi connectivity index (χ4n) is 2.64. The highest BCUT2D eigenvalue weighted by atomic mass is 35.5. The van der Waals surface area contributed by atoms with Crippen molar-refractivity contribution in [1.29, 1.82) is 0 Å². The van der Waals surface area contributed by atoms with Crippen molar-refractivity contribution in [3.8, 4) is 0 Å². The van der Waals surface area contributed by atoms with Crippen LogP contribution in [0.15, 0.2) is 36.4 Å². The number of fused-ring (bicyclic) bond motifs is 1. The first-order valence-electron chi connectivity index (χ1n) is 7.67. The minimum absolute atomic E-state index is 0.193. The Labute approximate surface area is 153 Å². The number of urea groups is 1. The minimum atomic E-state index is -1.58. The van der Waals surface area contributed by atoms with Crippen molar-refractivity contribution < 1.29 is 19.2 Å². The molecular weight excluding hydrogens is 358 g/mol. The van der Waals surface area contributed by atoms with Crippen molar-refractivity contribution in [2.45, 2.75) is 0 Å². The van der Waals surface area contributed by atoms with E-state index in [2.05, 4.69) is 4.98 Å². The number of allylic oxidation sites excluding steroid dienone is 1. The number of pyridine rings is 1. The van der Waals surface area contributed by atoms with Gasteiger partial charge in [0.2, 0.25) is 0 Å². The molecule has 8 heteroatoms. The monoisotopic (exact) mass is 371 g/mol. The second-order valence-electron chi connectivity index (χ2n) is 5.81. The zero-order valence-electron chi connectivity index (χ0n) is 14.0. The Morgan fingerprint density at radius 1 is 1.12 bits per heavy atom. The lowest BCUT2D eigenvalue weighted by Crippen LogP contribution is -2.58. The number of benzene rings is 1. The van der Waals surface area contributed by atoms with Crippen LogP contribution in [0.1, 0.15) is 5.56 Å². The van der Waals surface area contributed by atoms with E-state index in [4.69, 9.17) is 11.6 Å². The Hall–Kier alpha value is -3.06. The van der Waals surface area contributed by atoms with E-state index in [0.29, 0.717) is 11.1 Å². The summed E-state index contributed by atoms with van der Waals surface area (Å²) in [5.74, 6) is -4.01. The third kappa shape index (κ3) is 2.97. The van der Waals surface area contributed by atoms with Crippen LogP contribution in [-0.2, 0) is 14.4 Å². The average molecular weight is 372 g/mol. The first kappa shape index (κ1) is 17.8. The molecule has 0 aliphatic carbocycles. The standard InChI is InChI=1S/C18H14ClN3O4/c1-21-16(24)14(17(25)22(2)18(21)26)13(23)8-7-11-9-10-5-3-4-6-12(10)20-15(11)19/h3-9,14H,1-2H3/b8-7+. The molecule has 2 aromatic rings. The highest BCUT2D eigenvalue weighted by molar-refractivity contribution is 6.32. The van der Waals surface area contributed by atoms with Gasteiger partial charge in [0.15, 0.2) is 11.7 Å². The van der Waals surface area contributed by atoms with E-state index in [1.165, 1.54) is 20.2 Å². The van der Waals surface area contributed by atoms with Gasteiger partial charge >= 0.3 is 6.03 Å². The molecule has 2 heterocycles. The molecule has 0 saturated carbocycles. The summed E-state index contributed by atoms with van der Waals surface area (Å²) >= 11 is 6.13. The van der Waals surface area contributed by atoms with Crippen LogP contribution in [0.25, 0.3) is 17.0 Å². The summed E-state index contributed by atoms with van der Waals surface area (Å²) in [6, 6.07) is 8.32. The molecule has 1 saturated heterocycles. The normalized spacial score (nSPS) is 16.2. The minimum Gasteiger partial charge on any atom is -0.293 e. The van der Waals surface area contributed by atoms with Gasteiger partial charge in [-0.1, -0.05) is 29.8 Å². The van der Waals surface area contributed by atoms with Gasteiger partial charge in [0, 0.05) is 25.0 Å². The smallest absolute Gasteiger partial charge is 0.293 e. The Balaban J connectivity index is 1.90. The zero-order valence-corrected chi connectivity index (χ0v) is 14.7. The van der Waals surface area contributed by atoms with Crippen LogP contribution < -0.4 is 0 Å². The number of nitrogens with zero attached hydrogens (tertiary/aromatic N) is 3. The Morgan fingerprint density at radius 3 is 2.38 bits per heavy atom. The van der Waals surface area contributed by atoms with E-state index in [9.17, 15) is 19.2 Å². The molecule has 1 aromatic heterocycles. The molecule has 0 N–H and O–H groups in total. The van der Waals surface area contributed by atoms with Crippen LogP contribution in [0.5, 0.6) is 0 Å². The molecule has 1 aliphatic heterocycles. The molecule has 0 bridgehead atoms. The van der Waals surface area contributed by atoms with Gasteiger partial charge in [-0.05, 0) is 24.3 Å². The third-order valence-electron chi connectivity index (χ3n) is 4.15. The Morgan fingerprint density at radius 2 is 1.73 bits per heavy atom. The van der Waals surface area contributed by atoms with E-state index < -0.39 is 29.5 Å². The lowest BCUT2D eigenvalue weighted by molar-refractivity contribution is -0.150. The van der Waals surface area contributed by atoms with Gasteiger partial charge < -0.3 is 0 Å². The maximum absolute atomic E-state index is 12.4. The van der Waals surface area contributed by atoms with Crippen LogP contribution in [0, 0.1) is 5.92 Å². The van der Waals surface area contributed by atoms with Crippen LogP contribution in [-0.4, -0.2) is 52.5 Å². The highest BCUT2D eigenvalue weighted by Crippen LogP contribution is 2.22. The van der Waals surface area contributed by atoms with Gasteiger partial charge in [-0.25, -0.2) is 9.78 Å². The molecule has 1 aromatic carbocycles. The van der Waals surface area contributed by atoms with Crippen LogP contribution in [0.4, 0.5) is 4.79 Å². The van der Waals surface area contributed by atoms with Crippen molar-refractivity contribution in [3.05, 3.63) is 47.1 Å². The molecule has 7 nitrogen and oxygen atoms in total. The molecule has 0 spiro atoms. The van der Waals surface area contributed by atoms with Crippen molar-refractivity contribution in [2.24, 2.45) is 5.92 Å². The molecule has 1 fully saturated rings. The molecule has 0 unspecified atom stereocenters. The predicted molar refractivity (Wildman–Crippen MR) is 95.2 cm³/mol. The number of rotatable bonds is 3. The first-order valence-corrected chi connectivity index (χ1v) is 8.05. The van der Waals surface area contributed by atoms with Crippen molar-refractivity contribution in [1.82, 2.24) is 14.8 Å². The third-order valence-corrected chi connectivity index (χ3v) is 4.45. The van der Waals surface area contributed by atoms with Gasteiger partial charge in [-0.15, -0.1) is 0 Å². The number of imide groups is 2. The SMILES string of the molecule is CN1C(=O)C(C(=O)/C=C/c2cc3ccccc3nc2Cl)C(=O)N(C)C1=O. The van der Waals surface area contributed by atoms with Crippen LogP contribution in [0.2, 0.25) is 5.15 Å². The molecule has 26 heavy (non-hydrogen) atoms. The topological polar surface area (TPSA) is 87.7 Å². The maximum Gasteiger partial charge on any atom is 0.332 e. The van der Waals surface area contributed by atoms with Gasteiger partial charge in [-0.3, -0.25) is 24.2 Å². The number of aromatic nitrogens is 1. The number of halogens is 1. The maximum atomic E-state index is 12.4. The van der Waals surface area contributed by atoms with E-state index in [1.807, 2.05) is 24.3 Å². The molecule has 1 aliphatic rings. The van der Waals surface area contributed by atoms with Gasteiger partial charge in [0.05, 0.1) is 5.52 Å². The summed E-state index contributed by atoms with van der Waals surface area (Å²) in [7, 11) is 2.45. The molecule has 0 radical (unpaired) electrons. The lowest BCUT2D eigenvalue weighted by Gasteiger charge is -2.31. The number of barbiturate groups is 1. The van der Waals surface area contributed by atoms with Gasteiger partial charge in [0.1, 0.15) is 5.15 Å². The molecular formula is C18H14ClN3O4. The van der Waals surface area contributed by atoms with E-state index in [1.54, 1.807) is 6.07 Å². The molecule has 132 valence electrons. The number of para-hydroxylation sites is 1. The zero-order chi connectivity index (χ0) is 19.0. The number of ketones is 1. The average Bonchev–Trinajstić information content (AvgIpc) is 2.63. The molecule has 0 atom stereocenters. The number of hydrogen-bond donors (Lipinski definition) is 0. The fraction of sp³-hybridized carbons (Fsp3) is 0.167. The number of carbonyl (C=O) groups excluding carboxylic acids is 4. The summed E-state index contributed by atoms with van der Waals surface area (Å²) in [5.41, 5.74) is 1.19. The van der Waals surface area contributed by atoms with Gasteiger partial charge in [-0.2, -0.15) is 0 Å².